The molecule has 17 heavy (non-hydrogen) atoms. The van der Waals surface area contributed by atoms with Crippen molar-refractivity contribution in [3.8, 4) is 0 Å². The van der Waals surface area contributed by atoms with Gasteiger partial charge in [-0.05, 0) is 24.6 Å². The van der Waals surface area contributed by atoms with Crippen LogP contribution < -0.4 is 0 Å². The zero-order valence-corrected chi connectivity index (χ0v) is 11.8. The quantitative estimate of drug-likeness (QED) is 0.800. The Kier molecular flexibility index (Phi) is 5.43. The van der Waals surface area contributed by atoms with E-state index in [1.54, 1.807) is 18.2 Å². The zero-order valence-electron chi connectivity index (χ0n) is 10.2. The minimum Gasteiger partial charge on any atom is -0.207 e. The van der Waals surface area contributed by atoms with Crippen LogP contribution in [0.25, 0.3) is 0 Å². The van der Waals surface area contributed by atoms with Gasteiger partial charge in [-0.25, -0.2) is 8.42 Å². The summed E-state index contributed by atoms with van der Waals surface area (Å²) in [6.45, 7) is 4.92. The fraction of sp³-hybridized carbons (Fsp3) is 0.500. The van der Waals surface area contributed by atoms with Gasteiger partial charge in [0.2, 0.25) is 10.0 Å². The molecular formula is C12H18ClNO2S. The second-order valence-corrected chi connectivity index (χ2v) is 6.18. The van der Waals surface area contributed by atoms with Gasteiger partial charge in [0.25, 0.3) is 0 Å². The Morgan fingerprint density at radius 1 is 1.29 bits per heavy atom. The zero-order chi connectivity index (χ0) is 12.9. The summed E-state index contributed by atoms with van der Waals surface area (Å²) in [6, 6.07) is 6.40. The first-order valence-corrected chi connectivity index (χ1v) is 7.60. The number of hydrogen-bond donors (Lipinski definition) is 0. The van der Waals surface area contributed by atoms with Crippen LogP contribution >= 0.6 is 11.6 Å². The van der Waals surface area contributed by atoms with Gasteiger partial charge in [0.05, 0.1) is 4.90 Å². The molecule has 0 aliphatic heterocycles. The average molecular weight is 276 g/mol. The topological polar surface area (TPSA) is 37.4 Å². The van der Waals surface area contributed by atoms with Crippen LogP contribution in [0.5, 0.6) is 0 Å². The van der Waals surface area contributed by atoms with Crippen molar-refractivity contribution in [2.45, 2.75) is 31.6 Å². The minimum absolute atomic E-state index is 0.267. The average Bonchev–Trinajstić information content (AvgIpc) is 2.30. The highest BCUT2D eigenvalue weighted by Gasteiger charge is 2.22. The Hall–Kier alpha value is -0.580. The van der Waals surface area contributed by atoms with E-state index in [1.165, 1.54) is 10.4 Å². The Bertz CT molecular complexity index is 459. The molecule has 0 bridgehead atoms. The molecule has 0 aliphatic rings. The molecule has 1 aromatic rings. The van der Waals surface area contributed by atoms with Crippen LogP contribution in [0.15, 0.2) is 29.2 Å². The number of nitrogens with zero attached hydrogens (tertiary/aromatic N) is 1. The summed E-state index contributed by atoms with van der Waals surface area (Å²) < 4.78 is 26.1. The largest absolute Gasteiger partial charge is 0.243 e. The summed E-state index contributed by atoms with van der Waals surface area (Å²) >= 11 is 5.82. The lowest BCUT2D eigenvalue weighted by atomic mass is 10.3. The van der Waals surface area contributed by atoms with Crippen molar-refractivity contribution in [1.29, 1.82) is 0 Å². The van der Waals surface area contributed by atoms with Crippen molar-refractivity contribution in [2.75, 3.05) is 13.1 Å². The second-order valence-electron chi connectivity index (χ2n) is 3.81. The van der Waals surface area contributed by atoms with Gasteiger partial charge in [0.1, 0.15) is 0 Å². The van der Waals surface area contributed by atoms with Gasteiger partial charge in [-0.15, -0.1) is 0 Å². The van der Waals surface area contributed by atoms with Crippen LogP contribution in [0.1, 0.15) is 26.7 Å². The number of halogens is 1. The third-order valence-electron chi connectivity index (χ3n) is 2.55. The van der Waals surface area contributed by atoms with Crippen LogP contribution in [0.4, 0.5) is 0 Å². The van der Waals surface area contributed by atoms with Crippen LogP contribution in [0.3, 0.4) is 0 Å². The van der Waals surface area contributed by atoms with Crippen LogP contribution in [-0.4, -0.2) is 25.8 Å². The SMILES string of the molecule is CCCCN(CC)S(=O)(=O)c1cccc(Cl)c1. The van der Waals surface area contributed by atoms with E-state index in [-0.39, 0.29) is 4.90 Å². The van der Waals surface area contributed by atoms with E-state index in [4.69, 9.17) is 11.6 Å². The molecule has 5 heteroatoms. The standard InChI is InChI=1S/C12H18ClNO2S/c1-3-5-9-14(4-2)17(15,16)12-8-6-7-11(13)10-12/h6-8,10H,3-5,9H2,1-2H3. The maximum Gasteiger partial charge on any atom is 0.243 e. The number of hydrogen-bond acceptors (Lipinski definition) is 2. The van der Waals surface area contributed by atoms with E-state index in [2.05, 4.69) is 0 Å². The lowest BCUT2D eigenvalue weighted by Crippen LogP contribution is -2.31. The molecule has 0 aromatic heterocycles. The predicted octanol–water partition coefficient (Wildman–Crippen LogP) is 3.15. The van der Waals surface area contributed by atoms with Crippen molar-refractivity contribution < 1.29 is 8.42 Å². The number of sulfonamides is 1. The lowest BCUT2D eigenvalue weighted by molar-refractivity contribution is 0.419. The van der Waals surface area contributed by atoms with Crippen molar-refractivity contribution in [3.63, 3.8) is 0 Å². The summed E-state index contributed by atoms with van der Waals surface area (Å²) in [5, 5.41) is 0.442. The Balaban J connectivity index is 3.00. The highest BCUT2D eigenvalue weighted by molar-refractivity contribution is 7.89. The van der Waals surface area contributed by atoms with Crippen LogP contribution in [-0.2, 0) is 10.0 Å². The van der Waals surface area contributed by atoms with Gasteiger partial charge >= 0.3 is 0 Å². The molecule has 1 aromatic carbocycles. The smallest absolute Gasteiger partial charge is 0.207 e. The van der Waals surface area contributed by atoms with Crippen molar-refractivity contribution in [3.05, 3.63) is 29.3 Å². The predicted molar refractivity (Wildman–Crippen MR) is 70.8 cm³/mol. The van der Waals surface area contributed by atoms with Crippen LogP contribution in [0.2, 0.25) is 5.02 Å². The highest BCUT2D eigenvalue weighted by atomic mass is 35.5. The molecule has 0 atom stereocenters. The Morgan fingerprint density at radius 3 is 2.53 bits per heavy atom. The molecule has 0 fully saturated rings. The summed E-state index contributed by atoms with van der Waals surface area (Å²) in [6.07, 6.45) is 1.84. The van der Waals surface area contributed by atoms with E-state index in [9.17, 15) is 8.42 Å². The number of unbranched alkanes of at least 4 members (excludes halogenated alkanes) is 1. The maximum atomic E-state index is 12.3. The van der Waals surface area contributed by atoms with E-state index < -0.39 is 10.0 Å². The van der Waals surface area contributed by atoms with E-state index in [1.807, 2.05) is 13.8 Å². The molecule has 0 radical (unpaired) electrons. The van der Waals surface area contributed by atoms with Gasteiger partial charge in [0.15, 0.2) is 0 Å². The molecule has 96 valence electrons. The van der Waals surface area contributed by atoms with Gasteiger partial charge < -0.3 is 0 Å². The molecular weight excluding hydrogens is 258 g/mol. The number of benzene rings is 1. The normalized spacial score (nSPS) is 12.0. The molecule has 0 saturated carbocycles. The van der Waals surface area contributed by atoms with Crippen molar-refractivity contribution >= 4 is 21.6 Å². The molecule has 0 aliphatic carbocycles. The molecule has 3 nitrogen and oxygen atoms in total. The first kappa shape index (κ1) is 14.5. The lowest BCUT2D eigenvalue weighted by Gasteiger charge is -2.20. The third-order valence-corrected chi connectivity index (χ3v) is 4.75. The Morgan fingerprint density at radius 2 is 2.00 bits per heavy atom. The van der Waals surface area contributed by atoms with Crippen molar-refractivity contribution in [2.24, 2.45) is 0 Å². The van der Waals surface area contributed by atoms with Gasteiger partial charge in [-0.2, -0.15) is 4.31 Å². The fourth-order valence-corrected chi connectivity index (χ4v) is 3.35. The first-order valence-electron chi connectivity index (χ1n) is 5.78. The molecule has 0 amide bonds. The van der Waals surface area contributed by atoms with Gasteiger partial charge in [-0.3, -0.25) is 0 Å². The van der Waals surface area contributed by atoms with Crippen molar-refractivity contribution in [1.82, 2.24) is 4.31 Å². The van der Waals surface area contributed by atoms with E-state index in [0.717, 1.165) is 12.8 Å². The highest BCUT2D eigenvalue weighted by Crippen LogP contribution is 2.19. The molecule has 0 heterocycles. The number of rotatable bonds is 6. The fourth-order valence-electron chi connectivity index (χ4n) is 1.56. The maximum absolute atomic E-state index is 12.3. The summed E-state index contributed by atoms with van der Waals surface area (Å²) in [5.74, 6) is 0. The summed E-state index contributed by atoms with van der Waals surface area (Å²) in [5.41, 5.74) is 0. The van der Waals surface area contributed by atoms with Gasteiger partial charge in [0, 0.05) is 18.1 Å². The minimum atomic E-state index is -3.40. The summed E-state index contributed by atoms with van der Waals surface area (Å²) in [7, 11) is -3.40. The van der Waals surface area contributed by atoms with E-state index >= 15 is 0 Å². The molecule has 1 rings (SSSR count). The molecule has 0 unspecified atom stereocenters. The van der Waals surface area contributed by atoms with Crippen LogP contribution in [0, 0.1) is 0 Å². The molecule has 0 spiro atoms. The van der Waals surface area contributed by atoms with E-state index in [0.29, 0.717) is 18.1 Å². The summed E-state index contributed by atoms with van der Waals surface area (Å²) in [4.78, 5) is 0.267. The Labute approximate surface area is 108 Å². The second kappa shape index (κ2) is 6.38. The third kappa shape index (κ3) is 3.69. The monoisotopic (exact) mass is 275 g/mol. The molecule has 0 N–H and O–H groups in total. The molecule has 0 saturated heterocycles. The first-order chi connectivity index (χ1) is 8.02. The van der Waals surface area contributed by atoms with Gasteiger partial charge in [-0.1, -0.05) is 37.9 Å².